The van der Waals surface area contributed by atoms with Gasteiger partial charge < -0.3 is 25.0 Å². The van der Waals surface area contributed by atoms with Gasteiger partial charge in [0, 0.05) is 37.7 Å². The molecule has 0 saturated heterocycles. The summed E-state index contributed by atoms with van der Waals surface area (Å²) in [4.78, 5) is 43.4. The van der Waals surface area contributed by atoms with Crippen LogP contribution in [-0.2, 0) is 20.7 Å². The van der Waals surface area contributed by atoms with Gasteiger partial charge in [0.2, 0.25) is 11.8 Å². The highest BCUT2D eigenvalue weighted by Gasteiger charge is 2.21. The second-order valence-corrected chi connectivity index (χ2v) is 8.73. The molecule has 1 heterocycles. The van der Waals surface area contributed by atoms with Crippen molar-refractivity contribution in [1.82, 2.24) is 15.2 Å². The number of nitrogens with one attached hydrogen (secondary N) is 2. The van der Waals surface area contributed by atoms with Gasteiger partial charge in [-0.1, -0.05) is 13.8 Å². The Morgan fingerprint density at radius 3 is 2.48 bits per heavy atom. The number of carbonyl (C=O) groups is 3. The number of ether oxygens (including phenoxy) is 2. The van der Waals surface area contributed by atoms with Crippen molar-refractivity contribution in [2.75, 3.05) is 45.8 Å². The van der Waals surface area contributed by atoms with E-state index in [0.29, 0.717) is 41.8 Å². The van der Waals surface area contributed by atoms with E-state index in [4.69, 9.17) is 9.47 Å². The predicted octanol–water partition coefficient (Wildman–Crippen LogP) is 2.58. The first kappa shape index (κ1) is 26.3. The Kier molecular flexibility index (Phi) is 10.8. The average Bonchev–Trinajstić information content (AvgIpc) is 3.21. The number of anilines is 1. The molecular formula is C23H32N4O5S. The fraction of sp³-hybridized carbons (Fsp3) is 0.478. The third-order valence-electron chi connectivity index (χ3n) is 4.53. The van der Waals surface area contributed by atoms with Gasteiger partial charge in [-0.3, -0.25) is 14.4 Å². The van der Waals surface area contributed by atoms with Gasteiger partial charge in [0.15, 0.2) is 5.13 Å². The van der Waals surface area contributed by atoms with Gasteiger partial charge >= 0.3 is 0 Å². The minimum atomic E-state index is -0.345. The van der Waals surface area contributed by atoms with E-state index in [1.165, 1.54) is 16.2 Å². The van der Waals surface area contributed by atoms with Crippen LogP contribution >= 0.6 is 11.3 Å². The van der Waals surface area contributed by atoms with Crippen LogP contribution in [0.5, 0.6) is 5.75 Å². The van der Waals surface area contributed by atoms with Crippen molar-refractivity contribution in [1.29, 1.82) is 0 Å². The topological polar surface area (TPSA) is 110 Å². The van der Waals surface area contributed by atoms with E-state index < -0.39 is 0 Å². The van der Waals surface area contributed by atoms with Crippen molar-refractivity contribution in [2.45, 2.75) is 26.7 Å². The number of hydrogen-bond acceptors (Lipinski definition) is 7. The maximum absolute atomic E-state index is 13.0. The summed E-state index contributed by atoms with van der Waals surface area (Å²) in [5.41, 5.74) is 1.06. The average molecular weight is 477 g/mol. The molecule has 2 N–H and O–H groups in total. The number of aromatic nitrogens is 1. The molecular weight excluding hydrogens is 444 g/mol. The molecule has 0 bridgehead atoms. The van der Waals surface area contributed by atoms with Crippen LogP contribution in [0, 0.1) is 5.92 Å². The maximum Gasteiger partial charge on any atom is 0.254 e. The largest absolute Gasteiger partial charge is 0.497 e. The molecule has 180 valence electrons. The number of hydrogen-bond donors (Lipinski definition) is 2. The van der Waals surface area contributed by atoms with Crippen molar-refractivity contribution in [3.8, 4) is 5.75 Å². The lowest BCUT2D eigenvalue weighted by Crippen LogP contribution is -2.40. The zero-order chi connectivity index (χ0) is 24.2. The highest BCUT2D eigenvalue weighted by Crippen LogP contribution is 2.17. The van der Waals surface area contributed by atoms with Crippen LogP contribution in [0.3, 0.4) is 0 Å². The molecule has 0 aliphatic heterocycles. The molecule has 2 rings (SSSR count). The normalized spacial score (nSPS) is 10.7. The molecule has 1 aromatic heterocycles. The van der Waals surface area contributed by atoms with Crippen LogP contribution in [-0.4, -0.2) is 68.1 Å². The minimum absolute atomic E-state index is 0.0993. The van der Waals surface area contributed by atoms with Gasteiger partial charge in [0.05, 0.1) is 19.2 Å². The molecule has 0 unspecified atom stereocenters. The lowest BCUT2D eigenvalue weighted by Gasteiger charge is -2.24. The van der Waals surface area contributed by atoms with Crippen LogP contribution in [0.1, 0.15) is 36.3 Å². The van der Waals surface area contributed by atoms with Gasteiger partial charge in [0.25, 0.3) is 5.91 Å². The molecule has 10 heteroatoms. The zero-order valence-corrected chi connectivity index (χ0v) is 20.4. The molecule has 0 radical (unpaired) electrons. The van der Waals surface area contributed by atoms with E-state index in [1.807, 2.05) is 13.8 Å². The van der Waals surface area contributed by atoms with Gasteiger partial charge in [-0.2, -0.15) is 0 Å². The second-order valence-electron chi connectivity index (χ2n) is 7.87. The Morgan fingerprint density at radius 1 is 1.12 bits per heavy atom. The molecule has 0 aliphatic carbocycles. The summed E-state index contributed by atoms with van der Waals surface area (Å²) in [6, 6.07) is 6.79. The van der Waals surface area contributed by atoms with Crippen LogP contribution in [0.4, 0.5) is 5.13 Å². The third kappa shape index (κ3) is 9.19. The fourth-order valence-corrected chi connectivity index (χ4v) is 3.75. The number of methoxy groups -OCH3 is 2. The third-order valence-corrected chi connectivity index (χ3v) is 5.34. The lowest BCUT2D eigenvalue weighted by atomic mass is 10.1. The van der Waals surface area contributed by atoms with E-state index in [0.717, 1.165) is 6.42 Å². The first-order valence-corrected chi connectivity index (χ1v) is 11.6. The summed E-state index contributed by atoms with van der Waals surface area (Å²) in [7, 11) is 3.18. The van der Waals surface area contributed by atoms with Crippen molar-refractivity contribution in [2.24, 2.45) is 5.92 Å². The first-order valence-electron chi connectivity index (χ1n) is 10.8. The summed E-state index contributed by atoms with van der Waals surface area (Å²) in [6.07, 6.45) is 0.873. The smallest absolute Gasteiger partial charge is 0.254 e. The molecule has 0 fully saturated rings. The summed E-state index contributed by atoms with van der Waals surface area (Å²) in [5.74, 6) is 0.133. The van der Waals surface area contributed by atoms with E-state index in [9.17, 15) is 14.4 Å². The van der Waals surface area contributed by atoms with Crippen LogP contribution in [0.2, 0.25) is 0 Å². The first-order chi connectivity index (χ1) is 15.8. The summed E-state index contributed by atoms with van der Waals surface area (Å²) >= 11 is 1.24. The summed E-state index contributed by atoms with van der Waals surface area (Å²) in [6.45, 7) is 5.43. The fourth-order valence-electron chi connectivity index (χ4n) is 3.03. The highest BCUT2D eigenvalue weighted by atomic mass is 32.1. The Hall–Kier alpha value is -2.98. The minimum Gasteiger partial charge on any atom is -0.497 e. The number of thiazole rings is 1. The monoisotopic (exact) mass is 476 g/mol. The van der Waals surface area contributed by atoms with Gasteiger partial charge in [-0.15, -0.1) is 11.3 Å². The van der Waals surface area contributed by atoms with Crippen molar-refractivity contribution in [3.63, 3.8) is 0 Å². The van der Waals surface area contributed by atoms with Gasteiger partial charge in [0.1, 0.15) is 12.3 Å². The van der Waals surface area contributed by atoms with Gasteiger partial charge in [-0.25, -0.2) is 4.98 Å². The van der Waals surface area contributed by atoms with E-state index in [2.05, 4.69) is 15.6 Å². The second kappa shape index (κ2) is 13.5. The Morgan fingerprint density at radius 2 is 1.85 bits per heavy atom. The Bertz CT molecular complexity index is 914. The predicted molar refractivity (Wildman–Crippen MR) is 128 cm³/mol. The molecule has 2 aromatic rings. The quantitative estimate of drug-likeness (QED) is 0.430. The number of benzene rings is 1. The number of amides is 3. The SMILES string of the molecule is COCCCNC(=O)Cc1csc(NC(=O)CN(CC(C)C)C(=O)c2ccc(OC)cc2)n1. The van der Waals surface area contributed by atoms with E-state index in [1.54, 1.807) is 43.9 Å². The summed E-state index contributed by atoms with van der Waals surface area (Å²) < 4.78 is 10.1. The van der Waals surface area contributed by atoms with Crippen molar-refractivity contribution in [3.05, 3.63) is 40.9 Å². The Labute approximate surface area is 198 Å². The molecule has 0 saturated carbocycles. The standard InChI is InChI=1S/C23H32N4O5S/c1-16(2)13-27(22(30)17-6-8-19(32-4)9-7-17)14-21(29)26-23-25-18(15-33-23)12-20(28)24-10-5-11-31-3/h6-9,15-16H,5,10-14H2,1-4H3,(H,24,28)(H,25,26,29). The molecule has 0 spiro atoms. The van der Waals surface area contributed by atoms with E-state index in [-0.39, 0.29) is 36.6 Å². The van der Waals surface area contributed by atoms with Crippen molar-refractivity contribution >= 4 is 34.2 Å². The van der Waals surface area contributed by atoms with Crippen LogP contribution < -0.4 is 15.4 Å². The zero-order valence-electron chi connectivity index (χ0n) is 19.6. The van der Waals surface area contributed by atoms with Crippen LogP contribution in [0.25, 0.3) is 0 Å². The summed E-state index contributed by atoms with van der Waals surface area (Å²) in [5, 5.41) is 7.66. The molecule has 3 amide bonds. The highest BCUT2D eigenvalue weighted by molar-refractivity contribution is 7.13. The number of carbonyl (C=O) groups excluding carboxylic acids is 3. The molecule has 1 aromatic carbocycles. The molecule has 33 heavy (non-hydrogen) atoms. The molecule has 0 aliphatic rings. The molecule has 9 nitrogen and oxygen atoms in total. The molecule has 0 atom stereocenters. The number of rotatable bonds is 13. The number of nitrogens with zero attached hydrogens (tertiary/aromatic N) is 2. The van der Waals surface area contributed by atoms with Gasteiger partial charge in [-0.05, 0) is 36.6 Å². The maximum atomic E-state index is 13.0. The lowest BCUT2D eigenvalue weighted by molar-refractivity contribution is -0.120. The van der Waals surface area contributed by atoms with Crippen molar-refractivity contribution < 1.29 is 23.9 Å². The van der Waals surface area contributed by atoms with E-state index >= 15 is 0 Å². The van der Waals surface area contributed by atoms with Crippen LogP contribution in [0.15, 0.2) is 29.6 Å². The Balaban J connectivity index is 1.93.